The number of rotatable bonds is 4. The Bertz CT molecular complexity index is 588. The van der Waals surface area contributed by atoms with Crippen molar-refractivity contribution in [3.63, 3.8) is 0 Å². The van der Waals surface area contributed by atoms with Crippen LogP contribution in [0.5, 0.6) is 0 Å². The zero-order valence-corrected chi connectivity index (χ0v) is 10.4. The molecule has 19 heavy (non-hydrogen) atoms. The van der Waals surface area contributed by atoms with Crippen molar-refractivity contribution in [3.05, 3.63) is 60.2 Å². The number of carbonyl (C=O) groups excluding carboxylic acids is 1. The van der Waals surface area contributed by atoms with Crippen LogP contribution in [0.2, 0.25) is 0 Å². The van der Waals surface area contributed by atoms with Gasteiger partial charge in [0.2, 0.25) is 5.91 Å². The third-order valence-corrected chi connectivity index (χ3v) is 2.95. The minimum Gasteiger partial charge on any atom is -0.368 e. The fourth-order valence-corrected chi connectivity index (χ4v) is 1.79. The normalized spacial score (nSPS) is 13.6. The number of hydrogen-bond acceptors (Lipinski definition) is 3. The van der Waals surface area contributed by atoms with Gasteiger partial charge in [-0.25, -0.2) is 4.39 Å². The van der Waals surface area contributed by atoms with Crippen LogP contribution in [0.25, 0.3) is 0 Å². The van der Waals surface area contributed by atoms with Gasteiger partial charge in [-0.15, -0.1) is 0 Å². The Hall–Kier alpha value is -2.43. The van der Waals surface area contributed by atoms with E-state index >= 15 is 0 Å². The van der Waals surface area contributed by atoms with E-state index in [2.05, 4.69) is 10.3 Å². The van der Waals surface area contributed by atoms with Crippen molar-refractivity contribution in [2.75, 3.05) is 5.32 Å². The van der Waals surface area contributed by atoms with Crippen LogP contribution in [0, 0.1) is 5.82 Å². The third kappa shape index (κ3) is 2.70. The van der Waals surface area contributed by atoms with E-state index in [4.69, 9.17) is 5.73 Å². The van der Waals surface area contributed by atoms with Gasteiger partial charge in [0.1, 0.15) is 11.4 Å². The topological polar surface area (TPSA) is 68.0 Å². The van der Waals surface area contributed by atoms with Crippen molar-refractivity contribution in [1.82, 2.24) is 4.98 Å². The van der Waals surface area contributed by atoms with Crippen LogP contribution < -0.4 is 11.1 Å². The Morgan fingerprint density at radius 1 is 1.37 bits per heavy atom. The number of hydrogen-bond donors (Lipinski definition) is 2. The zero-order chi connectivity index (χ0) is 13.9. The minimum absolute atomic E-state index is 0.386. The van der Waals surface area contributed by atoms with Gasteiger partial charge in [-0.2, -0.15) is 0 Å². The summed E-state index contributed by atoms with van der Waals surface area (Å²) in [4.78, 5) is 15.7. The maximum atomic E-state index is 13.2. The second-order valence-corrected chi connectivity index (χ2v) is 4.37. The highest BCUT2D eigenvalue weighted by Gasteiger charge is 2.33. The smallest absolute Gasteiger partial charge is 0.247 e. The molecule has 0 aliphatic rings. The van der Waals surface area contributed by atoms with Crippen molar-refractivity contribution in [2.24, 2.45) is 5.73 Å². The minimum atomic E-state index is -1.15. The number of aromatic nitrogens is 1. The summed E-state index contributed by atoms with van der Waals surface area (Å²) in [6, 6.07) is 9.31. The molecule has 1 heterocycles. The number of carbonyl (C=O) groups is 1. The van der Waals surface area contributed by atoms with Gasteiger partial charge < -0.3 is 11.1 Å². The Morgan fingerprint density at radius 3 is 2.74 bits per heavy atom. The van der Waals surface area contributed by atoms with E-state index in [9.17, 15) is 9.18 Å². The average Bonchev–Trinajstić information content (AvgIpc) is 2.39. The van der Waals surface area contributed by atoms with Gasteiger partial charge >= 0.3 is 0 Å². The Balaban J connectivity index is 2.39. The SMILES string of the molecule is CC(Nc1cccc(F)c1)(C(N)=O)c1cccnc1. The molecule has 0 spiro atoms. The van der Waals surface area contributed by atoms with Gasteiger partial charge in [0.15, 0.2) is 0 Å². The monoisotopic (exact) mass is 259 g/mol. The molecule has 4 nitrogen and oxygen atoms in total. The summed E-state index contributed by atoms with van der Waals surface area (Å²) >= 11 is 0. The number of amides is 1. The van der Waals surface area contributed by atoms with Crippen LogP contribution in [-0.4, -0.2) is 10.9 Å². The highest BCUT2D eigenvalue weighted by atomic mass is 19.1. The number of halogens is 1. The van der Waals surface area contributed by atoms with Crippen LogP contribution in [-0.2, 0) is 10.3 Å². The lowest BCUT2D eigenvalue weighted by molar-refractivity contribution is -0.122. The van der Waals surface area contributed by atoms with Crippen LogP contribution in [0.15, 0.2) is 48.8 Å². The van der Waals surface area contributed by atoms with E-state index < -0.39 is 11.4 Å². The van der Waals surface area contributed by atoms with Crippen molar-refractivity contribution in [3.8, 4) is 0 Å². The van der Waals surface area contributed by atoms with Crippen molar-refractivity contribution in [2.45, 2.75) is 12.5 Å². The molecule has 2 aromatic rings. The molecule has 1 aromatic heterocycles. The van der Waals surface area contributed by atoms with Gasteiger partial charge in [-0.1, -0.05) is 12.1 Å². The number of primary amides is 1. The fourth-order valence-electron chi connectivity index (χ4n) is 1.79. The van der Waals surface area contributed by atoms with Gasteiger partial charge in [0.05, 0.1) is 0 Å². The van der Waals surface area contributed by atoms with Crippen LogP contribution >= 0.6 is 0 Å². The van der Waals surface area contributed by atoms with Crippen molar-refractivity contribution >= 4 is 11.6 Å². The van der Waals surface area contributed by atoms with Crippen molar-refractivity contribution in [1.29, 1.82) is 0 Å². The Labute approximate surface area is 110 Å². The molecule has 1 aromatic carbocycles. The first-order chi connectivity index (χ1) is 9.02. The van der Waals surface area contributed by atoms with Crippen LogP contribution in [0.1, 0.15) is 12.5 Å². The predicted molar refractivity (Wildman–Crippen MR) is 70.8 cm³/mol. The number of anilines is 1. The molecule has 2 rings (SSSR count). The lowest BCUT2D eigenvalue weighted by Gasteiger charge is -2.28. The molecule has 0 saturated carbocycles. The lowest BCUT2D eigenvalue weighted by atomic mass is 9.92. The van der Waals surface area contributed by atoms with Crippen LogP contribution in [0.3, 0.4) is 0 Å². The quantitative estimate of drug-likeness (QED) is 0.882. The van der Waals surface area contributed by atoms with E-state index in [-0.39, 0.29) is 5.82 Å². The van der Waals surface area contributed by atoms with E-state index in [1.807, 2.05) is 0 Å². The molecule has 0 fully saturated rings. The van der Waals surface area contributed by atoms with E-state index in [1.165, 1.54) is 12.1 Å². The number of nitrogens with zero attached hydrogens (tertiary/aromatic N) is 1. The van der Waals surface area contributed by atoms with E-state index in [0.717, 1.165) is 0 Å². The number of nitrogens with two attached hydrogens (primary N) is 1. The molecule has 0 aliphatic heterocycles. The summed E-state index contributed by atoms with van der Waals surface area (Å²) in [5, 5.41) is 2.96. The highest BCUT2D eigenvalue weighted by molar-refractivity contribution is 5.88. The Morgan fingerprint density at radius 2 is 2.16 bits per heavy atom. The summed E-state index contributed by atoms with van der Waals surface area (Å²) in [5.74, 6) is -0.951. The molecule has 0 bridgehead atoms. The molecular weight excluding hydrogens is 245 g/mol. The first-order valence-corrected chi connectivity index (χ1v) is 5.76. The number of pyridine rings is 1. The summed E-state index contributed by atoms with van der Waals surface area (Å²) in [6.45, 7) is 1.64. The number of nitrogens with one attached hydrogen (secondary N) is 1. The van der Waals surface area contributed by atoms with Gasteiger partial charge in [0, 0.05) is 23.6 Å². The highest BCUT2D eigenvalue weighted by Crippen LogP contribution is 2.25. The standard InChI is InChI=1S/C14H14FN3O/c1-14(13(16)19,10-4-3-7-17-9-10)18-12-6-2-5-11(15)8-12/h2-9,18H,1H3,(H2,16,19). The molecule has 0 aliphatic carbocycles. The maximum Gasteiger partial charge on any atom is 0.247 e. The molecule has 1 unspecified atom stereocenters. The average molecular weight is 259 g/mol. The molecule has 1 amide bonds. The summed E-state index contributed by atoms with van der Waals surface area (Å²) in [7, 11) is 0. The zero-order valence-electron chi connectivity index (χ0n) is 10.4. The molecule has 1 atom stereocenters. The molecule has 0 radical (unpaired) electrons. The molecule has 5 heteroatoms. The van der Waals surface area contributed by atoms with Gasteiger partial charge in [-0.3, -0.25) is 9.78 Å². The van der Waals surface area contributed by atoms with Crippen LogP contribution in [0.4, 0.5) is 10.1 Å². The summed E-state index contributed by atoms with van der Waals surface area (Å²) in [6.07, 6.45) is 3.16. The first-order valence-electron chi connectivity index (χ1n) is 5.76. The first kappa shape index (κ1) is 13.0. The van der Waals surface area contributed by atoms with Gasteiger partial charge in [0.25, 0.3) is 0 Å². The molecule has 3 N–H and O–H groups in total. The largest absolute Gasteiger partial charge is 0.368 e. The second kappa shape index (κ2) is 5.06. The second-order valence-electron chi connectivity index (χ2n) is 4.37. The molecule has 0 saturated heterocycles. The number of benzene rings is 1. The Kier molecular flexibility index (Phi) is 3.46. The maximum absolute atomic E-state index is 13.2. The summed E-state index contributed by atoms with van der Waals surface area (Å²) < 4.78 is 13.2. The third-order valence-electron chi connectivity index (χ3n) is 2.95. The van der Waals surface area contributed by atoms with E-state index in [1.54, 1.807) is 43.6 Å². The van der Waals surface area contributed by atoms with E-state index in [0.29, 0.717) is 11.3 Å². The fraction of sp³-hybridized carbons (Fsp3) is 0.143. The molecule has 98 valence electrons. The van der Waals surface area contributed by atoms with Crippen molar-refractivity contribution < 1.29 is 9.18 Å². The summed E-state index contributed by atoms with van der Waals surface area (Å²) in [5.41, 5.74) is 5.41. The molecular formula is C14H14FN3O. The predicted octanol–water partition coefficient (Wildman–Crippen LogP) is 2.03. The lowest BCUT2D eigenvalue weighted by Crippen LogP contribution is -2.45. The van der Waals surface area contributed by atoms with Gasteiger partial charge in [-0.05, 0) is 31.2 Å².